The molecule has 0 radical (unpaired) electrons. The number of nitriles is 1. The zero-order chi connectivity index (χ0) is 20.6. The highest BCUT2D eigenvalue weighted by Gasteiger charge is 2.23. The van der Waals surface area contributed by atoms with Crippen LogP contribution >= 0.6 is 11.6 Å². The molecular weight excluding hydrogens is 385 g/mol. The molecule has 0 fully saturated rings. The van der Waals surface area contributed by atoms with E-state index in [9.17, 15) is 14.5 Å². The highest BCUT2D eigenvalue weighted by Crippen LogP contribution is 2.38. The van der Waals surface area contributed by atoms with Crippen molar-refractivity contribution >= 4 is 28.8 Å². The molecule has 3 rings (SSSR count). The van der Waals surface area contributed by atoms with Gasteiger partial charge in [-0.1, -0.05) is 17.7 Å². The lowest BCUT2D eigenvalue weighted by Gasteiger charge is -2.12. The molecule has 1 aromatic heterocycles. The number of aromatic nitrogens is 2. The van der Waals surface area contributed by atoms with E-state index in [-0.39, 0.29) is 16.4 Å². The van der Waals surface area contributed by atoms with E-state index >= 15 is 0 Å². The summed E-state index contributed by atoms with van der Waals surface area (Å²) in [6.07, 6.45) is 0. The van der Waals surface area contributed by atoms with Gasteiger partial charge in [0.05, 0.1) is 21.2 Å². The topological polar surface area (TPSA) is 96.8 Å². The molecule has 7 nitrogen and oxygen atoms in total. The monoisotopic (exact) mass is 399 g/mol. The summed E-state index contributed by atoms with van der Waals surface area (Å²) in [6.45, 7) is 3.34. The minimum Gasteiger partial charge on any atom is -0.332 e. The maximum Gasteiger partial charge on any atom is 0.296 e. The number of hydrogen-bond donors (Lipinski definition) is 1. The van der Waals surface area contributed by atoms with Gasteiger partial charge in [-0.2, -0.15) is 10.4 Å². The fourth-order valence-electron chi connectivity index (χ4n) is 3.02. The van der Waals surface area contributed by atoms with Gasteiger partial charge in [-0.15, -0.1) is 0 Å². The summed E-state index contributed by atoms with van der Waals surface area (Å²) in [7, 11) is 1.64. The van der Waals surface area contributed by atoms with Crippen LogP contribution in [-0.4, -0.2) is 14.7 Å². The number of nitro groups is 1. The molecule has 28 heavy (non-hydrogen) atoms. The van der Waals surface area contributed by atoms with Crippen molar-refractivity contribution in [2.75, 3.05) is 5.32 Å². The zero-order valence-corrected chi connectivity index (χ0v) is 16.0. The van der Waals surface area contributed by atoms with Crippen molar-refractivity contribution in [3.8, 4) is 17.2 Å². The molecule has 0 amide bonds. The molecule has 2 aromatic carbocycles. The third-order valence-corrected chi connectivity index (χ3v) is 4.57. The fraction of sp³-hybridized carbons (Fsp3) is 0.158. The maximum atomic E-state index is 14.5. The Hall–Kier alpha value is -3.44. The second-order valence-corrected chi connectivity index (χ2v) is 6.67. The largest absolute Gasteiger partial charge is 0.332 e. The smallest absolute Gasteiger partial charge is 0.296 e. The van der Waals surface area contributed by atoms with Crippen molar-refractivity contribution in [2.24, 2.45) is 7.05 Å². The molecule has 0 aliphatic rings. The number of aryl methyl sites for hydroxylation is 3. The minimum absolute atomic E-state index is 0.250. The Balaban J connectivity index is 2.18. The Labute approximate surface area is 165 Å². The predicted octanol–water partition coefficient (Wildman–Crippen LogP) is 5.02. The summed E-state index contributed by atoms with van der Waals surface area (Å²) >= 11 is 6.14. The highest BCUT2D eigenvalue weighted by atomic mass is 35.5. The second kappa shape index (κ2) is 7.29. The van der Waals surface area contributed by atoms with Crippen LogP contribution in [0.15, 0.2) is 30.3 Å². The van der Waals surface area contributed by atoms with Gasteiger partial charge in [-0.05, 0) is 43.2 Å². The van der Waals surface area contributed by atoms with E-state index in [4.69, 9.17) is 16.9 Å². The normalized spacial score (nSPS) is 10.6. The predicted molar refractivity (Wildman–Crippen MR) is 104 cm³/mol. The standard InChI is InChI=1S/C19H15ClFN5O2/c1-10-6-15(21)18(16(7-10)26(27)28)23-19-17(11(2)24-25(19)3)12-4-5-13(9-22)14(20)8-12/h4-8,23H,1-3H3. The van der Waals surface area contributed by atoms with Gasteiger partial charge in [-0.3, -0.25) is 14.8 Å². The van der Waals surface area contributed by atoms with Crippen molar-refractivity contribution in [3.05, 3.63) is 68.1 Å². The van der Waals surface area contributed by atoms with Gasteiger partial charge in [0.2, 0.25) is 0 Å². The number of benzene rings is 2. The average molecular weight is 400 g/mol. The third-order valence-electron chi connectivity index (χ3n) is 4.25. The molecule has 0 spiro atoms. The molecule has 0 saturated carbocycles. The molecule has 3 aromatic rings. The Morgan fingerprint density at radius 2 is 2.04 bits per heavy atom. The molecular formula is C19H15ClFN5O2. The van der Waals surface area contributed by atoms with Gasteiger partial charge < -0.3 is 5.32 Å². The molecule has 142 valence electrons. The van der Waals surface area contributed by atoms with E-state index in [0.717, 1.165) is 0 Å². The van der Waals surface area contributed by atoms with E-state index < -0.39 is 10.7 Å². The number of rotatable bonds is 4. The molecule has 1 N–H and O–H groups in total. The quantitative estimate of drug-likeness (QED) is 0.490. The van der Waals surface area contributed by atoms with Crippen LogP contribution in [0, 0.1) is 41.1 Å². The molecule has 0 saturated heterocycles. The number of hydrogen-bond acceptors (Lipinski definition) is 5. The first-order valence-electron chi connectivity index (χ1n) is 8.18. The zero-order valence-electron chi connectivity index (χ0n) is 15.2. The Bertz CT molecular complexity index is 1150. The molecule has 0 unspecified atom stereocenters. The van der Waals surface area contributed by atoms with Crippen LogP contribution in [0.1, 0.15) is 16.8 Å². The first-order chi connectivity index (χ1) is 13.2. The van der Waals surface area contributed by atoms with Gasteiger partial charge in [-0.25, -0.2) is 4.39 Å². The summed E-state index contributed by atoms with van der Waals surface area (Å²) in [5.74, 6) is -0.376. The summed E-state index contributed by atoms with van der Waals surface area (Å²) in [5.41, 5.74) is 1.99. The molecule has 0 bridgehead atoms. The molecule has 0 aliphatic carbocycles. The van der Waals surface area contributed by atoms with Crippen LogP contribution in [0.4, 0.5) is 21.6 Å². The van der Waals surface area contributed by atoms with Gasteiger partial charge in [0.15, 0.2) is 11.5 Å². The van der Waals surface area contributed by atoms with Crippen LogP contribution in [0.25, 0.3) is 11.1 Å². The van der Waals surface area contributed by atoms with Crippen molar-refractivity contribution in [2.45, 2.75) is 13.8 Å². The lowest BCUT2D eigenvalue weighted by atomic mass is 10.0. The van der Waals surface area contributed by atoms with Crippen molar-refractivity contribution in [1.82, 2.24) is 9.78 Å². The summed E-state index contributed by atoms with van der Waals surface area (Å²) in [6, 6.07) is 9.38. The minimum atomic E-state index is -0.741. The van der Waals surface area contributed by atoms with Gasteiger partial charge in [0.25, 0.3) is 5.69 Å². The maximum absolute atomic E-state index is 14.5. The van der Waals surface area contributed by atoms with Crippen LogP contribution in [0.2, 0.25) is 5.02 Å². The van der Waals surface area contributed by atoms with Gasteiger partial charge >= 0.3 is 0 Å². The van der Waals surface area contributed by atoms with Crippen molar-refractivity contribution < 1.29 is 9.31 Å². The Morgan fingerprint density at radius 1 is 1.32 bits per heavy atom. The Morgan fingerprint density at radius 3 is 2.64 bits per heavy atom. The summed E-state index contributed by atoms with van der Waals surface area (Å²) in [5, 5.41) is 27.9. The SMILES string of the molecule is Cc1cc(F)c(Nc2c(-c3ccc(C#N)c(Cl)c3)c(C)nn2C)c([N+](=O)[O-])c1. The number of nitro benzene ring substituents is 1. The van der Waals surface area contributed by atoms with Crippen LogP contribution in [0.3, 0.4) is 0 Å². The number of anilines is 2. The molecule has 0 aliphatic heterocycles. The summed E-state index contributed by atoms with van der Waals surface area (Å²) < 4.78 is 16.0. The van der Waals surface area contributed by atoms with Crippen molar-refractivity contribution in [1.29, 1.82) is 5.26 Å². The number of nitrogens with zero attached hydrogens (tertiary/aromatic N) is 4. The molecule has 0 atom stereocenters. The lowest BCUT2D eigenvalue weighted by molar-refractivity contribution is -0.384. The van der Waals surface area contributed by atoms with Crippen molar-refractivity contribution in [3.63, 3.8) is 0 Å². The Kier molecular flexibility index (Phi) is 5.03. The van der Waals surface area contributed by atoms with E-state index in [0.29, 0.717) is 33.8 Å². The van der Waals surface area contributed by atoms with E-state index in [1.165, 1.54) is 16.8 Å². The van der Waals surface area contributed by atoms with E-state index in [2.05, 4.69) is 10.4 Å². The average Bonchev–Trinajstić information content (AvgIpc) is 2.90. The van der Waals surface area contributed by atoms with Crippen LogP contribution < -0.4 is 5.32 Å². The van der Waals surface area contributed by atoms with Gasteiger partial charge in [0.1, 0.15) is 11.9 Å². The van der Waals surface area contributed by atoms with Crippen LogP contribution in [0.5, 0.6) is 0 Å². The van der Waals surface area contributed by atoms with E-state index in [1.807, 2.05) is 6.07 Å². The third kappa shape index (κ3) is 3.40. The highest BCUT2D eigenvalue weighted by molar-refractivity contribution is 6.32. The number of nitrogens with one attached hydrogen (secondary N) is 1. The first-order valence-corrected chi connectivity index (χ1v) is 8.56. The lowest BCUT2D eigenvalue weighted by Crippen LogP contribution is -2.05. The first kappa shape index (κ1) is 19.3. The summed E-state index contributed by atoms with van der Waals surface area (Å²) in [4.78, 5) is 10.8. The second-order valence-electron chi connectivity index (χ2n) is 6.26. The molecule has 1 heterocycles. The molecule has 9 heteroatoms. The van der Waals surface area contributed by atoms with Gasteiger partial charge in [0, 0.05) is 18.7 Å². The van der Waals surface area contributed by atoms with Crippen LogP contribution in [-0.2, 0) is 7.05 Å². The van der Waals surface area contributed by atoms with E-state index in [1.54, 1.807) is 39.1 Å². The fourth-order valence-corrected chi connectivity index (χ4v) is 3.24. The number of halogens is 2.